The molecule has 2 heterocycles. The van der Waals surface area contributed by atoms with Crippen LogP contribution in [0.25, 0.3) is 0 Å². The highest BCUT2D eigenvalue weighted by Gasteiger charge is 2.33. The largest absolute Gasteiger partial charge is 0.493 e. The van der Waals surface area contributed by atoms with E-state index < -0.39 is 0 Å². The second-order valence-electron chi connectivity index (χ2n) is 9.50. The molecule has 2 aliphatic heterocycles. The zero-order chi connectivity index (χ0) is 23.9. The Bertz CT molecular complexity index is 970. The summed E-state index contributed by atoms with van der Waals surface area (Å²) in [5.41, 5.74) is 2.33. The van der Waals surface area contributed by atoms with Crippen LogP contribution in [0.4, 0.5) is 0 Å². The highest BCUT2D eigenvalue weighted by Crippen LogP contribution is 2.26. The van der Waals surface area contributed by atoms with Gasteiger partial charge < -0.3 is 19.3 Å². The number of rotatable bonds is 7. The van der Waals surface area contributed by atoms with Crippen molar-refractivity contribution in [1.29, 1.82) is 0 Å². The number of para-hydroxylation sites is 1. The summed E-state index contributed by atoms with van der Waals surface area (Å²) in [6.07, 6.45) is 3.86. The first-order valence-corrected chi connectivity index (χ1v) is 12.5. The van der Waals surface area contributed by atoms with Crippen molar-refractivity contribution < 1.29 is 19.1 Å². The molecular weight excluding hydrogens is 428 g/mol. The number of benzene rings is 2. The summed E-state index contributed by atoms with van der Waals surface area (Å²) >= 11 is 0. The van der Waals surface area contributed by atoms with Gasteiger partial charge in [0, 0.05) is 39.0 Å². The van der Waals surface area contributed by atoms with Gasteiger partial charge in [-0.2, -0.15) is 0 Å². The quantitative estimate of drug-likeness (QED) is 0.610. The van der Waals surface area contributed by atoms with Gasteiger partial charge in [-0.25, -0.2) is 0 Å². The summed E-state index contributed by atoms with van der Waals surface area (Å²) in [6, 6.07) is 15.8. The van der Waals surface area contributed by atoms with Gasteiger partial charge >= 0.3 is 0 Å². The van der Waals surface area contributed by atoms with Crippen LogP contribution < -0.4 is 9.47 Å². The van der Waals surface area contributed by atoms with Gasteiger partial charge in [0.25, 0.3) is 0 Å². The predicted molar refractivity (Wildman–Crippen MR) is 132 cm³/mol. The van der Waals surface area contributed by atoms with Crippen molar-refractivity contribution in [3.05, 3.63) is 59.7 Å². The molecule has 0 N–H and O–H groups in total. The lowest BCUT2D eigenvalue weighted by Gasteiger charge is -2.38. The van der Waals surface area contributed by atoms with Gasteiger partial charge in [-0.05, 0) is 56.0 Å². The smallest absolute Gasteiger partial charge is 0.227 e. The van der Waals surface area contributed by atoms with E-state index in [1.807, 2.05) is 40.1 Å². The number of aryl methyl sites for hydroxylation is 2. The van der Waals surface area contributed by atoms with Gasteiger partial charge in [0.2, 0.25) is 11.8 Å². The zero-order valence-corrected chi connectivity index (χ0v) is 20.4. The first-order chi connectivity index (χ1) is 16.5. The molecule has 0 bridgehead atoms. The van der Waals surface area contributed by atoms with E-state index in [4.69, 9.17) is 9.47 Å². The molecule has 1 unspecified atom stereocenters. The first kappa shape index (κ1) is 24.1. The topological polar surface area (TPSA) is 59.1 Å². The van der Waals surface area contributed by atoms with Crippen LogP contribution in [0.1, 0.15) is 43.2 Å². The highest BCUT2D eigenvalue weighted by atomic mass is 16.5. The van der Waals surface area contributed by atoms with Crippen molar-refractivity contribution >= 4 is 11.8 Å². The second kappa shape index (κ2) is 11.4. The van der Waals surface area contributed by atoms with E-state index in [1.54, 1.807) is 0 Å². The van der Waals surface area contributed by atoms with Crippen LogP contribution >= 0.6 is 0 Å². The van der Waals surface area contributed by atoms with Crippen LogP contribution in [0.15, 0.2) is 48.5 Å². The van der Waals surface area contributed by atoms with Crippen molar-refractivity contribution in [2.75, 3.05) is 32.8 Å². The van der Waals surface area contributed by atoms with E-state index in [1.165, 1.54) is 5.56 Å². The van der Waals surface area contributed by atoms with Crippen molar-refractivity contribution in [1.82, 2.24) is 9.80 Å². The molecule has 2 aliphatic rings. The maximum Gasteiger partial charge on any atom is 0.227 e. The van der Waals surface area contributed by atoms with Gasteiger partial charge in [-0.15, -0.1) is 0 Å². The van der Waals surface area contributed by atoms with Crippen LogP contribution in [0.2, 0.25) is 0 Å². The van der Waals surface area contributed by atoms with Crippen LogP contribution in [-0.4, -0.2) is 60.5 Å². The molecule has 1 atom stereocenters. The van der Waals surface area contributed by atoms with Gasteiger partial charge in [-0.1, -0.05) is 30.3 Å². The maximum atomic E-state index is 13.2. The van der Waals surface area contributed by atoms with Gasteiger partial charge in [0.1, 0.15) is 17.6 Å². The molecule has 2 aromatic carbocycles. The summed E-state index contributed by atoms with van der Waals surface area (Å²) < 4.78 is 11.9. The Morgan fingerprint density at radius 2 is 1.71 bits per heavy atom. The maximum absolute atomic E-state index is 13.2. The number of nitrogens with zero attached hydrogens (tertiary/aromatic N) is 2. The third-order valence-corrected chi connectivity index (χ3v) is 6.84. The monoisotopic (exact) mass is 464 g/mol. The number of hydrogen-bond donors (Lipinski definition) is 0. The highest BCUT2D eigenvalue weighted by molar-refractivity contribution is 5.81. The van der Waals surface area contributed by atoms with E-state index in [9.17, 15) is 9.59 Å². The molecule has 34 heavy (non-hydrogen) atoms. The third-order valence-electron chi connectivity index (χ3n) is 6.84. The summed E-state index contributed by atoms with van der Waals surface area (Å²) in [4.78, 5) is 29.7. The Balaban J connectivity index is 1.22. The number of likely N-dealkylation sites (tertiary alicyclic amines) is 2. The molecule has 4 rings (SSSR count). The molecule has 182 valence electrons. The minimum absolute atomic E-state index is 0.0639. The van der Waals surface area contributed by atoms with Crippen molar-refractivity contribution in [3.8, 4) is 11.5 Å². The predicted octanol–water partition coefficient (Wildman–Crippen LogP) is 4.38. The normalized spacial score (nSPS) is 19.1. The summed E-state index contributed by atoms with van der Waals surface area (Å²) in [6.45, 7) is 7.15. The number of amides is 2. The Morgan fingerprint density at radius 1 is 0.941 bits per heavy atom. The minimum atomic E-state index is -0.107. The lowest BCUT2D eigenvalue weighted by atomic mass is 9.95. The Morgan fingerprint density at radius 3 is 2.47 bits per heavy atom. The van der Waals surface area contributed by atoms with Crippen LogP contribution in [0.5, 0.6) is 11.5 Å². The number of piperidine rings is 2. The Kier molecular flexibility index (Phi) is 8.09. The molecule has 0 aliphatic carbocycles. The Hall–Kier alpha value is -3.02. The van der Waals surface area contributed by atoms with E-state index in [0.29, 0.717) is 32.7 Å². The van der Waals surface area contributed by atoms with Crippen molar-refractivity contribution in [3.63, 3.8) is 0 Å². The number of carbonyl (C=O) groups is 2. The van der Waals surface area contributed by atoms with Gasteiger partial charge in [-0.3, -0.25) is 9.59 Å². The molecule has 0 saturated carbocycles. The first-order valence-electron chi connectivity index (χ1n) is 12.5. The van der Waals surface area contributed by atoms with E-state index in [-0.39, 0.29) is 23.8 Å². The van der Waals surface area contributed by atoms with Crippen molar-refractivity contribution in [2.24, 2.45) is 5.92 Å². The van der Waals surface area contributed by atoms with Crippen LogP contribution in [0.3, 0.4) is 0 Å². The second-order valence-corrected chi connectivity index (χ2v) is 9.50. The summed E-state index contributed by atoms with van der Waals surface area (Å²) in [5, 5.41) is 0. The minimum Gasteiger partial charge on any atom is -0.493 e. The molecule has 0 spiro atoms. The fourth-order valence-corrected chi connectivity index (χ4v) is 4.80. The summed E-state index contributed by atoms with van der Waals surface area (Å²) in [5.74, 6) is 1.86. The average molecular weight is 465 g/mol. The number of carbonyl (C=O) groups excluding carboxylic acids is 2. The fourth-order valence-electron chi connectivity index (χ4n) is 4.80. The molecule has 2 amide bonds. The lowest BCUT2D eigenvalue weighted by molar-refractivity contribution is -0.142. The molecule has 6 nitrogen and oxygen atoms in total. The molecular formula is C28H36N2O4. The molecule has 2 aromatic rings. The molecule has 2 saturated heterocycles. The van der Waals surface area contributed by atoms with E-state index >= 15 is 0 Å². The Labute approximate surface area is 202 Å². The molecule has 6 heteroatoms. The van der Waals surface area contributed by atoms with Gasteiger partial charge in [0.15, 0.2) is 0 Å². The molecule has 0 aromatic heterocycles. The van der Waals surface area contributed by atoms with Crippen molar-refractivity contribution in [2.45, 2.75) is 52.1 Å². The lowest BCUT2D eigenvalue weighted by Crippen LogP contribution is -2.49. The van der Waals surface area contributed by atoms with E-state index in [2.05, 4.69) is 32.0 Å². The SMILES string of the molecule is Cc1ccc(C)c(OC2CCN(C(=O)C3CCCN(C(=O)CCOc4ccccc4)C3)CC2)c1. The third kappa shape index (κ3) is 6.31. The van der Waals surface area contributed by atoms with E-state index in [0.717, 1.165) is 49.3 Å². The number of ether oxygens (including phenoxy) is 2. The van der Waals surface area contributed by atoms with Gasteiger partial charge in [0.05, 0.1) is 18.9 Å². The fraction of sp³-hybridized carbons (Fsp3) is 0.500. The molecule has 0 radical (unpaired) electrons. The van der Waals surface area contributed by atoms with Crippen LogP contribution in [0, 0.1) is 19.8 Å². The van der Waals surface area contributed by atoms with Crippen LogP contribution in [-0.2, 0) is 9.59 Å². The summed E-state index contributed by atoms with van der Waals surface area (Å²) in [7, 11) is 0. The standard InChI is InChI=1S/C28H36N2O4/c1-21-10-11-22(2)26(19-21)34-25-12-16-29(17-13-25)28(32)23-7-6-15-30(20-23)27(31)14-18-33-24-8-4-3-5-9-24/h3-5,8-11,19,23,25H,6-7,12-18,20H2,1-2H3. The number of hydrogen-bond acceptors (Lipinski definition) is 4. The molecule has 2 fully saturated rings. The zero-order valence-electron chi connectivity index (χ0n) is 20.4. The average Bonchev–Trinajstić information content (AvgIpc) is 2.87.